The predicted octanol–water partition coefficient (Wildman–Crippen LogP) is 3.93. The first kappa shape index (κ1) is 11.9. The third-order valence-corrected chi connectivity index (χ3v) is 2.67. The number of hydrogen-bond donors (Lipinski definition) is 1. The number of rotatable bonds is 1. The summed E-state index contributed by atoms with van der Waals surface area (Å²) in [5.74, 6) is 0. The van der Waals surface area contributed by atoms with E-state index < -0.39 is 0 Å². The summed E-state index contributed by atoms with van der Waals surface area (Å²) in [4.78, 5) is 1.30. The fourth-order valence-corrected chi connectivity index (χ4v) is 2.11. The first-order valence-electron chi connectivity index (χ1n) is 3.54. The molecule has 0 saturated heterocycles. The van der Waals surface area contributed by atoms with Gasteiger partial charge in [-0.3, -0.25) is 0 Å². The third-order valence-electron chi connectivity index (χ3n) is 1.60. The molecule has 14 heavy (non-hydrogen) atoms. The Morgan fingerprint density at radius 1 is 1.29 bits per heavy atom. The van der Waals surface area contributed by atoms with Crippen LogP contribution in [-0.4, -0.2) is 17.3 Å². The Morgan fingerprint density at radius 2 is 1.71 bits per heavy atom. The van der Waals surface area contributed by atoms with Crippen LogP contribution in [0.4, 0.5) is 5.69 Å². The van der Waals surface area contributed by atoms with Crippen LogP contribution in [-0.2, 0) is 0 Å². The van der Waals surface area contributed by atoms with Crippen LogP contribution in [0.25, 0.3) is 0 Å². The van der Waals surface area contributed by atoms with E-state index in [1.54, 1.807) is 7.05 Å². The summed E-state index contributed by atoms with van der Waals surface area (Å²) in [6.45, 7) is 0. The van der Waals surface area contributed by atoms with Crippen molar-refractivity contribution in [2.24, 2.45) is 0 Å². The minimum Gasteiger partial charge on any atom is -0.486 e. The molecule has 0 aliphatic heterocycles. The number of thiocarbonyl (C=S) groups is 1. The minimum absolute atomic E-state index is 0.309. The van der Waals surface area contributed by atoms with Crippen molar-refractivity contribution in [1.29, 1.82) is 0 Å². The molecule has 1 rings (SSSR count). The monoisotopic (exact) mass is 269 g/mol. The Bertz CT molecular complexity index is 360. The average Bonchev–Trinajstić information content (AvgIpc) is 2.01. The van der Waals surface area contributed by atoms with Gasteiger partial charge in [-0.15, -0.1) is 0 Å². The lowest BCUT2D eigenvalue weighted by Gasteiger charge is -2.18. The van der Waals surface area contributed by atoms with E-state index in [4.69, 9.17) is 39.9 Å². The number of aliphatic hydroxyl groups excluding tert-OH is 1. The van der Waals surface area contributed by atoms with E-state index in [1.165, 1.54) is 17.0 Å². The summed E-state index contributed by atoms with van der Waals surface area (Å²) in [5.41, 5.74) is 0.435. The standard InChI is InChI=1S/C8H6Cl3NOS/c1-12(8(13)14)7-5(10)2-4(9)3-6(7)11/h2-3H,1H3,(H,13,14). The van der Waals surface area contributed by atoms with Crippen molar-refractivity contribution in [2.75, 3.05) is 11.9 Å². The van der Waals surface area contributed by atoms with Gasteiger partial charge in [-0.2, -0.15) is 0 Å². The van der Waals surface area contributed by atoms with Crippen molar-refractivity contribution in [1.82, 2.24) is 0 Å². The van der Waals surface area contributed by atoms with Crippen LogP contribution in [0.1, 0.15) is 0 Å². The number of nitrogens with zero attached hydrogens (tertiary/aromatic N) is 1. The van der Waals surface area contributed by atoms with Crippen molar-refractivity contribution in [3.63, 3.8) is 0 Å². The van der Waals surface area contributed by atoms with Gasteiger partial charge in [0.2, 0.25) is 0 Å². The number of aliphatic hydroxyl groups is 1. The van der Waals surface area contributed by atoms with E-state index in [1.807, 2.05) is 0 Å². The highest BCUT2D eigenvalue weighted by molar-refractivity contribution is 7.80. The molecule has 0 aliphatic carbocycles. The van der Waals surface area contributed by atoms with Crippen LogP contribution in [0.2, 0.25) is 15.1 Å². The minimum atomic E-state index is -0.309. The summed E-state index contributed by atoms with van der Waals surface area (Å²) in [7, 11) is 1.56. The first-order chi connectivity index (χ1) is 6.43. The van der Waals surface area contributed by atoms with Crippen LogP contribution < -0.4 is 4.90 Å². The highest BCUT2D eigenvalue weighted by atomic mass is 35.5. The number of hydrogen-bond acceptors (Lipinski definition) is 1. The first-order valence-corrected chi connectivity index (χ1v) is 5.09. The summed E-state index contributed by atoms with van der Waals surface area (Å²) in [5, 5.41) is 9.89. The quantitative estimate of drug-likeness (QED) is 0.782. The smallest absolute Gasteiger partial charge is 0.261 e. The molecule has 2 nitrogen and oxygen atoms in total. The molecule has 6 heteroatoms. The zero-order valence-electron chi connectivity index (χ0n) is 7.09. The van der Waals surface area contributed by atoms with E-state index in [-0.39, 0.29) is 5.17 Å². The predicted molar refractivity (Wildman–Crippen MR) is 65.1 cm³/mol. The molecule has 0 radical (unpaired) electrons. The lowest BCUT2D eigenvalue weighted by Crippen LogP contribution is -2.24. The second-order valence-electron chi connectivity index (χ2n) is 2.56. The van der Waals surface area contributed by atoms with Crippen molar-refractivity contribution >= 4 is 57.9 Å². The number of anilines is 1. The lowest BCUT2D eigenvalue weighted by molar-refractivity contribution is 0.554. The topological polar surface area (TPSA) is 23.5 Å². The van der Waals surface area contributed by atoms with Crippen LogP contribution in [0, 0.1) is 0 Å². The summed E-state index contributed by atoms with van der Waals surface area (Å²) in [6, 6.07) is 3.05. The highest BCUT2D eigenvalue weighted by Gasteiger charge is 2.14. The van der Waals surface area contributed by atoms with Crippen molar-refractivity contribution in [2.45, 2.75) is 0 Å². The van der Waals surface area contributed by atoms with Crippen molar-refractivity contribution in [3.05, 3.63) is 27.2 Å². The number of benzene rings is 1. The van der Waals surface area contributed by atoms with Gasteiger partial charge in [-0.25, -0.2) is 0 Å². The second kappa shape index (κ2) is 4.53. The van der Waals surface area contributed by atoms with Crippen LogP contribution in [0.15, 0.2) is 12.1 Å². The van der Waals surface area contributed by atoms with Crippen LogP contribution >= 0.6 is 47.0 Å². The molecule has 0 aliphatic rings. The van der Waals surface area contributed by atoms with Gasteiger partial charge in [-0.05, 0) is 24.4 Å². The number of halogens is 3. The molecule has 1 aromatic carbocycles. The maximum atomic E-state index is 9.10. The Morgan fingerprint density at radius 3 is 2.07 bits per heavy atom. The van der Waals surface area contributed by atoms with Crippen molar-refractivity contribution in [3.8, 4) is 0 Å². The zero-order chi connectivity index (χ0) is 10.9. The summed E-state index contributed by atoms with van der Waals surface area (Å²) < 4.78 is 0. The Labute approximate surface area is 102 Å². The molecular weight excluding hydrogens is 265 g/mol. The van der Waals surface area contributed by atoms with Crippen LogP contribution in [0.5, 0.6) is 0 Å². The van der Waals surface area contributed by atoms with E-state index in [2.05, 4.69) is 12.2 Å². The van der Waals surface area contributed by atoms with E-state index in [0.717, 1.165) is 0 Å². The highest BCUT2D eigenvalue weighted by Crippen LogP contribution is 2.35. The van der Waals surface area contributed by atoms with Gasteiger partial charge in [0.1, 0.15) is 0 Å². The molecule has 1 N–H and O–H groups in total. The molecule has 0 bridgehead atoms. The molecule has 0 amide bonds. The molecule has 0 spiro atoms. The second-order valence-corrected chi connectivity index (χ2v) is 4.18. The van der Waals surface area contributed by atoms with Gasteiger partial charge in [0.05, 0.1) is 15.7 Å². The van der Waals surface area contributed by atoms with Crippen LogP contribution in [0.3, 0.4) is 0 Å². The molecular formula is C8H6Cl3NOS. The molecule has 0 atom stereocenters. The molecule has 76 valence electrons. The SMILES string of the molecule is CN(C(O)=S)c1c(Cl)cc(Cl)cc1Cl. The zero-order valence-corrected chi connectivity index (χ0v) is 10.2. The van der Waals surface area contributed by atoms with Gasteiger partial charge >= 0.3 is 0 Å². The normalized spacial score (nSPS) is 10.0. The Kier molecular flexibility index (Phi) is 3.84. The molecule has 0 saturated carbocycles. The average molecular weight is 271 g/mol. The van der Waals surface area contributed by atoms with Crippen molar-refractivity contribution < 1.29 is 5.11 Å². The summed E-state index contributed by atoms with van der Waals surface area (Å²) >= 11 is 22.1. The van der Waals surface area contributed by atoms with Gasteiger partial charge in [0.25, 0.3) is 5.17 Å². The van der Waals surface area contributed by atoms with E-state index in [9.17, 15) is 0 Å². The molecule has 0 heterocycles. The van der Waals surface area contributed by atoms with Gasteiger partial charge in [-0.1, -0.05) is 34.8 Å². The largest absolute Gasteiger partial charge is 0.486 e. The molecule has 0 fully saturated rings. The Balaban J connectivity index is 3.27. The third kappa shape index (κ3) is 2.42. The Hall–Kier alpha value is -0.220. The van der Waals surface area contributed by atoms with Gasteiger partial charge in [0.15, 0.2) is 0 Å². The lowest BCUT2D eigenvalue weighted by atomic mass is 10.3. The molecule has 0 aromatic heterocycles. The fourth-order valence-electron chi connectivity index (χ4n) is 0.951. The van der Waals surface area contributed by atoms with E-state index >= 15 is 0 Å². The maximum absolute atomic E-state index is 9.10. The molecule has 0 unspecified atom stereocenters. The van der Waals surface area contributed by atoms with Gasteiger partial charge < -0.3 is 10.0 Å². The summed E-state index contributed by atoms with van der Waals surface area (Å²) in [6.07, 6.45) is 0. The van der Waals surface area contributed by atoms with E-state index in [0.29, 0.717) is 20.8 Å². The fraction of sp³-hybridized carbons (Fsp3) is 0.125. The van der Waals surface area contributed by atoms with Gasteiger partial charge in [0, 0.05) is 12.1 Å². The maximum Gasteiger partial charge on any atom is 0.261 e. The molecule has 1 aromatic rings.